The van der Waals surface area contributed by atoms with Crippen molar-refractivity contribution in [3.05, 3.63) is 0 Å². The van der Waals surface area contributed by atoms with Crippen LogP contribution in [0.5, 0.6) is 0 Å². The van der Waals surface area contributed by atoms with Crippen molar-refractivity contribution < 1.29 is 40.9 Å². The van der Waals surface area contributed by atoms with Crippen LogP contribution in [0.25, 0.3) is 0 Å². The zero-order chi connectivity index (χ0) is 32.6. The van der Waals surface area contributed by atoms with Gasteiger partial charge in [-0.25, -0.2) is 4.79 Å². The molecule has 9 nitrogen and oxygen atoms in total. The molecule has 0 unspecified atom stereocenters. The third-order valence-electron chi connectivity index (χ3n) is 7.95. The molecule has 0 saturated carbocycles. The smallest absolute Gasteiger partial charge is 0.335 e. The molecule has 0 heterocycles. The molecule has 0 aliphatic carbocycles. The number of rotatable bonds is 30. The number of aliphatic carboxylic acids is 1. The van der Waals surface area contributed by atoms with Crippen LogP contribution in [0.1, 0.15) is 168 Å². The predicted octanol–water partition coefficient (Wildman–Crippen LogP) is 5.26. The highest BCUT2D eigenvalue weighted by Gasteiger charge is 2.37. The molecule has 0 fully saturated rings. The van der Waals surface area contributed by atoms with Gasteiger partial charge < -0.3 is 36.6 Å². The maximum Gasteiger partial charge on any atom is 0.335 e. The van der Waals surface area contributed by atoms with Crippen molar-refractivity contribution in [1.82, 2.24) is 5.32 Å². The highest BCUT2D eigenvalue weighted by atomic mass is 16.4. The number of aliphatic hydroxyl groups excluding tert-OH is 4. The molecule has 1 amide bonds. The van der Waals surface area contributed by atoms with Gasteiger partial charge in [0.15, 0.2) is 12.2 Å². The lowest BCUT2D eigenvalue weighted by Gasteiger charge is -2.23. The van der Waals surface area contributed by atoms with E-state index in [9.17, 15) is 24.9 Å². The summed E-state index contributed by atoms with van der Waals surface area (Å²) in [4.78, 5) is 22.3. The molecule has 0 aromatic heterocycles. The number of amides is 1. The van der Waals surface area contributed by atoms with E-state index in [1.807, 2.05) is 0 Å². The summed E-state index contributed by atoms with van der Waals surface area (Å²) in [5.41, 5.74) is 3.87. The zero-order valence-corrected chi connectivity index (χ0v) is 28.0. The van der Waals surface area contributed by atoms with Gasteiger partial charge >= 0.3 is 5.97 Å². The molecule has 0 bridgehead atoms. The Labute approximate surface area is 263 Å². The van der Waals surface area contributed by atoms with Crippen LogP contribution in [0.15, 0.2) is 0 Å². The fourth-order valence-corrected chi connectivity index (χ4v) is 4.97. The first-order chi connectivity index (χ1) is 20.7. The van der Waals surface area contributed by atoms with Crippen molar-refractivity contribution >= 4 is 11.9 Å². The van der Waals surface area contributed by atoms with Gasteiger partial charge in [0.25, 0.3) is 5.91 Å². The van der Waals surface area contributed by atoms with Gasteiger partial charge in [0.1, 0.15) is 12.2 Å². The summed E-state index contributed by atoms with van der Waals surface area (Å²) in [5.74, 6) is -2.66. The van der Waals surface area contributed by atoms with Crippen LogP contribution in [-0.2, 0) is 9.59 Å². The van der Waals surface area contributed by atoms with Gasteiger partial charge in [0.2, 0.25) is 0 Å². The van der Waals surface area contributed by atoms with Crippen molar-refractivity contribution in [2.75, 3.05) is 13.1 Å². The lowest BCUT2D eigenvalue weighted by atomic mass is 10.0. The number of carbonyl (C=O) groups is 2. The molecular formula is C34H71N2O7+. The molecule has 0 radical (unpaired) electrons. The number of hydrogen-bond donors (Lipinski definition) is 7. The second-order valence-corrected chi connectivity index (χ2v) is 12.1. The fourth-order valence-electron chi connectivity index (χ4n) is 4.97. The first-order valence-corrected chi connectivity index (χ1v) is 17.8. The van der Waals surface area contributed by atoms with Crippen molar-refractivity contribution in [3.8, 4) is 0 Å². The van der Waals surface area contributed by atoms with E-state index in [-0.39, 0.29) is 0 Å². The average Bonchev–Trinajstić information content (AvgIpc) is 3.00. The van der Waals surface area contributed by atoms with E-state index in [2.05, 4.69) is 24.9 Å². The highest BCUT2D eigenvalue weighted by Crippen LogP contribution is 2.13. The molecule has 0 aromatic carbocycles. The Kier molecular flexibility index (Phi) is 34.3. The van der Waals surface area contributed by atoms with Gasteiger partial charge in [0, 0.05) is 6.54 Å². The van der Waals surface area contributed by atoms with E-state index in [0.29, 0.717) is 6.54 Å². The second kappa shape index (κ2) is 33.6. The van der Waals surface area contributed by atoms with Crippen LogP contribution in [-0.4, -0.2) is 74.9 Å². The fraction of sp³-hybridized carbons (Fsp3) is 0.941. The molecular weight excluding hydrogens is 548 g/mol. The SMILES string of the molecule is CCCCCCCCCCCCCCNC(=O)[C@@H](O)[C@H](O)[C@@H](O)[C@@H](O)C(=O)O.CCCCCCCCCCCCCC[NH3+]. The number of nitrogens with one attached hydrogen (secondary N) is 1. The molecule has 0 saturated heterocycles. The van der Waals surface area contributed by atoms with Gasteiger partial charge in [-0.1, -0.05) is 149 Å². The Morgan fingerprint density at radius 2 is 0.814 bits per heavy atom. The largest absolute Gasteiger partial charge is 0.479 e. The summed E-state index contributed by atoms with van der Waals surface area (Å²) < 4.78 is 0. The topological polar surface area (TPSA) is 175 Å². The Hall–Kier alpha value is -1.26. The molecule has 0 aliphatic heterocycles. The zero-order valence-electron chi connectivity index (χ0n) is 28.0. The van der Waals surface area contributed by atoms with E-state index in [4.69, 9.17) is 10.2 Å². The third-order valence-corrected chi connectivity index (χ3v) is 7.95. The quantitative estimate of drug-likeness (QED) is 0.0537. The Balaban J connectivity index is 0. The summed E-state index contributed by atoms with van der Waals surface area (Å²) in [6, 6.07) is 0. The number of aliphatic hydroxyl groups is 4. The lowest BCUT2D eigenvalue weighted by Crippen LogP contribution is -2.52. The maximum atomic E-state index is 11.7. The summed E-state index contributed by atoms with van der Waals surface area (Å²) in [6.07, 6.45) is 22.9. The van der Waals surface area contributed by atoms with Gasteiger partial charge in [-0.05, 0) is 19.3 Å². The summed E-state index contributed by atoms with van der Waals surface area (Å²) in [6.45, 7) is 5.94. The minimum atomic E-state index is -2.28. The third kappa shape index (κ3) is 29.2. The molecule has 9 heteroatoms. The van der Waals surface area contributed by atoms with E-state index in [1.54, 1.807) is 0 Å². The van der Waals surface area contributed by atoms with Crippen LogP contribution < -0.4 is 11.1 Å². The molecule has 0 aromatic rings. The standard InChI is InChI=1S/C20H39NO7.C14H31N/c1-2-3-4-5-6-7-8-9-10-11-12-13-14-21-19(26)17(24)15(22)16(23)18(25)20(27)28;1-2-3-4-5-6-7-8-9-10-11-12-13-14-15/h15-18,22-25H,2-14H2,1H3,(H,21,26)(H,27,28);2-15H2,1H3/p+1/t15-,16-,17+,18-;/m1./s1. The number of carboxylic acids is 1. The van der Waals surface area contributed by atoms with E-state index < -0.39 is 36.3 Å². The molecule has 0 spiro atoms. The summed E-state index contributed by atoms with van der Waals surface area (Å²) >= 11 is 0. The highest BCUT2D eigenvalue weighted by molar-refractivity contribution is 5.81. The molecule has 258 valence electrons. The van der Waals surface area contributed by atoms with Crippen LogP contribution >= 0.6 is 0 Å². The number of hydrogen-bond acceptors (Lipinski definition) is 6. The van der Waals surface area contributed by atoms with Crippen molar-refractivity contribution in [3.63, 3.8) is 0 Å². The predicted molar refractivity (Wildman–Crippen MR) is 175 cm³/mol. The van der Waals surface area contributed by atoms with Crippen LogP contribution in [0.4, 0.5) is 0 Å². The normalized spacial score (nSPS) is 13.9. The lowest BCUT2D eigenvalue weighted by molar-refractivity contribution is -0.368. The Morgan fingerprint density at radius 1 is 0.512 bits per heavy atom. The number of quaternary nitrogens is 1. The van der Waals surface area contributed by atoms with Crippen LogP contribution in [0.2, 0.25) is 0 Å². The number of carboxylic acid groups (broad SMARTS) is 1. The van der Waals surface area contributed by atoms with Gasteiger partial charge in [-0.2, -0.15) is 0 Å². The van der Waals surface area contributed by atoms with Gasteiger partial charge in [-0.3, -0.25) is 4.79 Å². The van der Waals surface area contributed by atoms with Gasteiger partial charge in [0.05, 0.1) is 6.54 Å². The van der Waals surface area contributed by atoms with Crippen LogP contribution in [0, 0.1) is 0 Å². The molecule has 0 aliphatic rings. The summed E-state index contributed by atoms with van der Waals surface area (Å²) in [5, 5.41) is 48.8. The van der Waals surface area contributed by atoms with Crippen molar-refractivity contribution in [2.24, 2.45) is 0 Å². The Morgan fingerprint density at radius 3 is 1.14 bits per heavy atom. The molecule has 9 N–H and O–H groups in total. The van der Waals surface area contributed by atoms with Crippen LogP contribution in [0.3, 0.4) is 0 Å². The van der Waals surface area contributed by atoms with E-state index in [1.165, 1.54) is 128 Å². The maximum absolute atomic E-state index is 11.7. The second-order valence-electron chi connectivity index (χ2n) is 12.1. The Bertz CT molecular complexity index is 597. The van der Waals surface area contributed by atoms with E-state index in [0.717, 1.165) is 32.2 Å². The molecule has 43 heavy (non-hydrogen) atoms. The minimum Gasteiger partial charge on any atom is -0.479 e. The molecule has 0 rings (SSSR count). The minimum absolute atomic E-state index is 0.317. The van der Waals surface area contributed by atoms with E-state index >= 15 is 0 Å². The number of unbranched alkanes of at least 4 members (excludes halogenated alkanes) is 22. The number of carbonyl (C=O) groups excluding carboxylic acids is 1. The monoisotopic (exact) mass is 620 g/mol. The van der Waals surface area contributed by atoms with Crippen molar-refractivity contribution in [2.45, 2.75) is 192 Å². The first kappa shape index (κ1) is 43.9. The average molecular weight is 620 g/mol. The first-order valence-electron chi connectivity index (χ1n) is 17.8. The summed E-state index contributed by atoms with van der Waals surface area (Å²) in [7, 11) is 0. The van der Waals surface area contributed by atoms with Gasteiger partial charge in [-0.15, -0.1) is 0 Å². The molecule has 4 atom stereocenters. The van der Waals surface area contributed by atoms with Crippen molar-refractivity contribution in [1.29, 1.82) is 0 Å².